The molecule has 1 atom stereocenters. The van der Waals surface area contributed by atoms with Crippen molar-refractivity contribution in [2.75, 3.05) is 19.8 Å². The van der Waals surface area contributed by atoms with Gasteiger partial charge in [-0.05, 0) is 32.8 Å². The minimum Gasteiger partial charge on any atom is -0.393 e. The summed E-state index contributed by atoms with van der Waals surface area (Å²) in [5.41, 5.74) is 2.81. The van der Waals surface area contributed by atoms with Crippen molar-refractivity contribution in [3.8, 4) is 0 Å². The highest BCUT2D eigenvalue weighted by atomic mass is 31.2. The fraction of sp³-hybridized carbons (Fsp3) is 0.786. The Hall–Kier alpha value is -0.410. The van der Waals surface area contributed by atoms with Gasteiger partial charge in [0.15, 0.2) is 0 Å². The van der Waals surface area contributed by atoms with Crippen LogP contribution in [-0.4, -0.2) is 36.1 Å². The maximum Gasteiger partial charge on any atom is 0.364 e. The van der Waals surface area contributed by atoms with Crippen LogP contribution in [0.1, 0.15) is 46.5 Å². The van der Waals surface area contributed by atoms with E-state index in [-0.39, 0.29) is 13.2 Å². The minimum absolute atomic E-state index is 0.277. The molecule has 0 aromatic rings. The van der Waals surface area contributed by atoms with Crippen molar-refractivity contribution in [1.29, 1.82) is 0 Å². The van der Waals surface area contributed by atoms with E-state index in [4.69, 9.17) is 14.2 Å². The minimum atomic E-state index is -3.35. The molecule has 0 aliphatic carbocycles. The second-order valence-electron chi connectivity index (χ2n) is 4.30. The Kier molecular flexibility index (Phi) is 11.0. The lowest BCUT2D eigenvalue weighted by Gasteiger charge is -2.18. The predicted molar refractivity (Wildman–Crippen MR) is 79.7 cm³/mol. The van der Waals surface area contributed by atoms with Crippen molar-refractivity contribution in [3.05, 3.63) is 17.1 Å². The van der Waals surface area contributed by atoms with Crippen LogP contribution in [0.15, 0.2) is 17.1 Å². The Morgan fingerprint density at radius 3 is 2.30 bits per heavy atom. The quantitative estimate of drug-likeness (QED) is 0.348. The molecule has 118 valence electrons. The third-order valence-electron chi connectivity index (χ3n) is 2.58. The normalized spacial score (nSPS) is 12.8. The van der Waals surface area contributed by atoms with Crippen molar-refractivity contribution in [3.63, 3.8) is 0 Å². The predicted octanol–water partition coefficient (Wildman–Crippen LogP) is 3.23. The number of rotatable bonds is 11. The molecule has 0 spiro atoms. The molecule has 6 heteroatoms. The Balaban J connectivity index is 5.24. The Morgan fingerprint density at radius 2 is 1.85 bits per heavy atom. The van der Waals surface area contributed by atoms with E-state index in [1.807, 2.05) is 0 Å². The van der Waals surface area contributed by atoms with E-state index in [0.717, 1.165) is 19.3 Å². The highest BCUT2D eigenvalue weighted by molar-refractivity contribution is 7.58. The summed E-state index contributed by atoms with van der Waals surface area (Å²) in [6.45, 7) is 5.74. The third kappa shape index (κ3) is 7.39. The van der Waals surface area contributed by atoms with Crippen molar-refractivity contribution in [1.82, 2.24) is 0 Å². The van der Waals surface area contributed by atoms with Crippen LogP contribution in [0.2, 0.25) is 0 Å². The Morgan fingerprint density at radius 1 is 1.25 bits per heavy atom. The summed E-state index contributed by atoms with van der Waals surface area (Å²) in [5, 5.41) is 18.6. The van der Waals surface area contributed by atoms with E-state index >= 15 is 0 Å². The van der Waals surface area contributed by atoms with Crippen LogP contribution < -0.4 is 0 Å². The first kappa shape index (κ1) is 19.6. The molecule has 0 aromatic carbocycles. The van der Waals surface area contributed by atoms with Gasteiger partial charge >= 0.3 is 7.60 Å². The van der Waals surface area contributed by atoms with Crippen molar-refractivity contribution < 1.29 is 23.8 Å². The molecule has 0 rings (SSSR count). The molecule has 0 radical (unpaired) electrons. The smallest absolute Gasteiger partial charge is 0.364 e. The zero-order valence-electron chi connectivity index (χ0n) is 12.7. The van der Waals surface area contributed by atoms with Gasteiger partial charge in [0.25, 0.3) is 0 Å². The van der Waals surface area contributed by atoms with E-state index in [1.54, 1.807) is 13.8 Å². The van der Waals surface area contributed by atoms with Gasteiger partial charge in [-0.15, -0.1) is 5.73 Å². The molecule has 0 fully saturated rings. The van der Waals surface area contributed by atoms with Crippen LogP contribution in [0.4, 0.5) is 0 Å². The van der Waals surface area contributed by atoms with Gasteiger partial charge in [-0.3, -0.25) is 4.57 Å². The van der Waals surface area contributed by atoms with Gasteiger partial charge in [-0.25, -0.2) is 0 Å². The second-order valence-corrected chi connectivity index (χ2v) is 6.35. The Bertz CT molecular complexity index is 351. The van der Waals surface area contributed by atoms with Crippen LogP contribution in [0.25, 0.3) is 0 Å². The summed E-state index contributed by atoms with van der Waals surface area (Å²) in [7, 11) is -3.35. The first-order valence-electron chi connectivity index (χ1n) is 7.18. The van der Waals surface area contributed by atoms with Crippen molar-refractivity contribution in [2.24, 2.45) is 0 Å². The molecule has 0 heterocycles. The molecule has 0 aromatic heterocycles. The zero-order valence-corrected chi connectivity index (χ0v) is 13.6. The van der Waals surface area contributed by atoms with Crippen LogP contribution in [0, 0.1) is 0 Å². The first-order chi connectivity index (χ1) is 9.53. The van der Waals surface area contributed by atoms with Gasteiger partial charge in [0, 0.05) is 0 Å². The number of aliphatic hydroxyl groups excluding tert-OH is 2. The van der Waals surface area contributed by atoms with Gasteiger partial charge in [0.05, 0.1) is 25.1 Å². The molecule has 0 bridgehead atoms. The van der Waals surface area contributed by atoms with E-state index in [1.165, 1.54) is 6.08 Å². The monoisotopic (exact) mass is 306 g/mol. The molecule has 0 saturated heterocycles. The highest BCUT2D eigenvalue weighted by Gasteiger charge is 2.29. The van der Waals surface area contributed by atoms with E-state index in [9.17, 15) is 9.67 Å². The number of hydrogen-bond acceptors (Lipinski definition) is 5. The van der Waals surface area contributed by atoms with E-state index < -0.39 is 20.3 Å². The molecular formula is C14H27O5P. The molecular weight excluding hydrogens is 279 g/mol. The Labute approximate surface area is 121 Å². The van der Waals surface area contributed by atoms with Crippen molar-refractivity contribution >= 4 is 7.60 Å². The lowest BCUT2D eigenvalue weighted by Crippen LogP contribution is -2.07. The molecule has 0 aliphatic rings. The molecule has 0 saturated carbocycles. The first-order valence-corrected chi connectivity index (χ1v) is 8.72. The molecule has 0 amide bonds. The van der Waals surface area contributed by atoms with Gasteiger partial charge in [-0.2, -0.15) is 0 Å². The average Bonchev–Trinajstić information content (AvgIpc) is 2.42. The summed E-state index contributed by atoms with van der Waals surface area (Å²) >= 11 is 0. The third-order valence-corrected chi connectivity index (χ3v) is 4.79. The summed E-state index contributed by atoms with van der Waals surface area (Å²) in [4.78, 5) is 0. The van der Waals surface area contributed by atoms with E-state index in [0.29, 0.717) is 11.7 Å². The molecule has 0 unspecified atom stereocenters. The molecule has 20 heavy (non-hydrogen) atoms. The summed E-state index contributed by atoms with van der Waals surface area (Å²) < 4.78 is 23.3. The largest absolute Gasteiger partial charge is 0.393 e. The van der Waals surface area contributed by atoms with Crippen LogP contribution in [0.3, 0.4) is 0 Å². The van der Waals surface area contributed by atoms with E-state index in [2.05, 4.69) is 12.7 Å². The number of unbranched alkanes of at least 4 members (excludes halogenated alkanes) is 2. The SMILES string of the molecule is CCCCCC(=C=C[C@@H](O)CO)P(=O)(OCC)OCC. The standard InChI is InChI=1S/C14H27O5P/c1-4-7-8-9-14(11-10-13(16)12-15)20(17,18-5-2)19-6-3/h10,13,15-16H,4-9,12H2,1-3H3/t11?,13-/m1/s1. The van der Waals surface area contributed by atoms with Crippen LogP contribution >= 0.6 is 7.60 Å². The lowest BCUT2D eigenvalue weighted by atomic mass is 10.2. The molecule has 2 N–H and O–H groups in total. The number of aliphatic hydroxyl groups is 2. The second kappa shape index (κ2) is 11.3. The van der Waals surface area contributed by atoms with Gasteiger partial charge in [-0.1, -0.05) is 19.8 Å². The van der Waals surface area contributed by atoms with Gasteiger partial charge < -0.3 is 19.3 Å². The lowest BCUT2D eigenvalue weighted by molar-refractivity contribution is 0.131. The summed E-state index contributed by atoms with van der Waals surface area (Å²) in [5.74, 6) is 0. The maximum atomic E-state index is 12.7. The maximum absolute atomic E-state index is 12.7. The van der Waals surface area contributed by atoms with Crippen LogP contribution in [-0.2, 0) is 13.6 Å². The molecule has 5 nitrogen and oxygen atoms in total. The molecule has 0 aliphatic heterocycles. The van der Waals surface area contributed by atoms with Gasteiger partial charge in [0.1, 0.15) is 6.10 Å². The highest BCUT2D eigenvalue weighted by Crippen LogP contribution is 2.57. The van der Waals surface area contributed by atoms with Crippen molar-refractivity contribution in [2.45, 2.75) is 52.6 Å². The summed E-state index contributed by atoms with van der Waals surface area (Å²) in [6, 6.07) is 0. The fourth-order valence-electron chi connectivity index (χ4n) is 1.61. The van der Waals surface area contributed by atoms with Gasteiger partial charge in [0.2, 0.25) is 0 Å². The van der Waals surface area contributed by atoms with Crippen LogP contribution in [0.5, 0.6) is 0 Å². The fourth-order valence-corrected chi connectivity index (χ4v) is 3.34. The average molecular weight is 306 g/mol. The topological polar surface area (TPSA) is 76.0 Å². The zero-order chi connectivity index (χ0) is 15.4. The number of hydrogen-bond donors (Lipinski definition) is 2. The summed E-state index contributed by atoms with van der Waals surface area (Å²) in [6.07, 6.45) is 3.72.